The summed E-state index contributed by atoms with van der Waals surface area (Å²) in [7, 11) is 0. The van der Waals surface area contributed by atoms with Crippen molar-refractivity contribution in [1.82, 2.24) is 9.97 Å². The molecule has 0 aliphatic heterocycles. The maximum absolute atomic E-state index is 5.06. The van der Waals surface area contributed by atoms with Crippen LogP contribution in [0.2, 0.25) is 0 Å². The fourth-order valence-corrected chi connectivity index (χ4v) is 4.43. The molecule has 0 radical (unpaired) electrons. The molecular weight excluding hydrogens is 476 g/mol. The quantitative estimate of drug-likeness (QED) is 0.236. The van der Waals surface area contributed by atoms with E-state index >= 15 is 0 Å². The van der Waals surface area contributed by atoms with Crippen LogP contribution in [0.25, 0.3) is 11.0 Å². The number of halogens is 2. The molecule has 2 nitrogen and oxygen atoms in total. The molecule has 0 atom stereocenters. The molecule has 0 saturated carbocycles. The van der Waals surface area contributed by atoms with Crippen LogP contribution < -0.4 is 0 Å². The van der Waals surface area contributed by atoms with Gasteiger partial charge in [-0.2, -0.15) is 0 Å². The predicted octanol–water partition coefficient (Wildman–Crippen LogP) is 8.96. The summed E-state index contributed by atoms with van der Waals surface area (Å²) in [6.45, 7) is 4.55. The highest BCUT2D eigenvalue weighted by molar-refractivity contribution is 9.13. The van der Waals surface area contributed by atoms with Gasteiger partial charge in [-0.25, -0.2) is 9.97 Å². The minimum atomic E-state index is 0.988. The minimum Gasteiger partial charge on any atom is -0.249 e. The summed E-state index contributed by atoms with van der Waals surface area (Å²) in [5.41, 5.74) is 4.44. The van der Waals surface area contributed by atoms with E-state index in [4.69, 9.17) is 9.97 Å². The molecule has 0 unspecified atom stereocenters. The van der Waals surface area contributed by atoms with Crippen molar-refractivity contribution < 1.29 is 0 Å². The number of benzene rings is 1. The number of aryl methyl sites for hydroxylation is 2. The second-order valence-electron chi connectivity index (χ2n) is 7.88. The zero-order valence-electron chi connectivity index (χ0n) is 17.7. The minimum absolute atomic E-state index is 0.988. The van der Waals surface area contributed by atoms with E-state index in [-0.39, 0.29) is 0 Å². The summed E-state index contributed by atoms with van der Waals surface area (Å²) in [6, 6.07) is 4.14. The molecule has 1 heterocycles. The van der Waals surface area contributed by atoms with Crippen molar-refractivity contribution in [1.29, 1.82) is 0 Å². The first-order chi connectivity index (χ1) is 13.7. The summed E-state index contributed by atoms with van der Waals surface area (Å²) < 4.78 is 2.07. The van der Waals surface area contributed by atoms with E-state index in [2.05, 4.69) is 57.8 Å². The topological polar surface area (TPSA) is 25.8 Å². The van der Waals surface area contributed by atoms with E-state index in [1.807, 2.05) is 0 Å². The highest BCUT2D eigenvalue weighted by Gasteiger charge is 2.12. The summed E-state index contributed by atoms with van der Waals surface area (Å²) in [5.74, 6) is 0. The smallest absolute Gasteiger partial charge is 0.104 e. The molecule has 1 aromatic heterocycles. The van der Waals surface area contributed by atoms with Crippen LogP contribution in [-0.2, 0) is 12.8 Å². The van der Waals surface area contributed by atoms with Crippen molar-refractivity contribution in [2.75, 3.05) is 0 Å². The average molecular weight is 512 g/mol. The lowest BCUT2D eigenvalue weighted by Gasteiger charge is -2.12. The van der Waals surface area contributed by atoms with Crippen molar-refractivity contribution >= 4 is 42.9 Å². The molecule has 1 aromatic carbocycles. The molecule has 0 saturated heterocycles. The average Bonchev–Trinajstić information content (AvgIpc) is 2.70. The lowest BCUT2D eigenvalue weighted by Crippen LogP contribution is -2.04. The van der Waals surface area contributed by atoms with Crippen molar-refractivity contribution in [2.24, 2.45) is 0 Å². The van der Waals surface area contributed by atoms with Gasteiger partial charge >= 0.3 is 0 Å². The Bertz CT molecular complexity index is 715. The van der Waals surface area contributed by atoms with Crippen LogP contribution in [0.15, 0.2) is 21.1 Å². The van der Waals surface area contributed by atoms with Gasteiger partial charge in [-0.05, 0) is 69.7 Å². The molecule has 0 N–H and O–H groups in total. The summed E-state index contributed by atoms with van der Waals surface area (Å²) >= 11 is 7.29. The number of aromatic nitrogens is 2. The van der Waals surface area contributed by atoms with Crippen LogP contribution in [0.5, 0.6) is 0 Å². The number of nitrogens with zero attached hydrogens (tertiary/aromatic N) is 2. The molecule has 0 spiro atoms. The first kappa shape index (κ1) is 23.8. The third kappa shape index (κ3) is 7.74. The molecule has 0 aliphatic carbocycles. The molecule has 2 rings (SSSR count). The van der Waals surface area contributed by atoms with Gasteiger partial charge in [-0.15, -0.1) is 0 Å². The van der Waals surface area contributed by atoms with E-state index in [1.54, 1.807) is 0 Å². The van der Waals surface area contributed by atoms with Crippen LogP contribution in [-0.4, -0.2) is 9.97 Å². The van der Waals surface area contributed by atoms with Gasteiger partial charge in [-0.1, -0.05) is 78.1 Å². The van der Waals surface area contributed by atoms with E-state index in [9.17, 15) is 0 Å². The summed E-state index contributed by atoms with van der Waals surface area (Å²) in [4.78, 5) is 10.1. The van der Waals surface area contributed by atoms with Crippen LogP contribution in [0.4, 0.5) is 0 Å². The maximum atomic E-state index is 5.06. The van der Waals surface area contributed by atoms with Gasteiger partial charge in [0.25, 0.3) is 0 Å². The van der Waals surface area contributed by atoms with E-state index in [0.717, 1.165) is 32.8 Å². The number of hydrogen-bond donors (Lipinski definition) is 0. The Morgan fingerprint density at radius 3 is 1.71 bits per heavy atom. The molecule has 156 valence electrons. The second kappa shape index (κ2) is 13.7. The Balaban J connectivity index is 2.04. The van der Waals surface area contributed by atoms with Gasteiger partial charge in [0.15, 0.2) is 0 Å². The number of rotatable bonds is 14. The zero-order valence-corrected chi connectivity index (χ0v) is 20.9. The van der Waals surface area contributed by atoms with Gasteiger partial charge in [0.05, 0.1) is 21.4 Å². The molecular formula is C24H36Br2N2. The van der Waals surface area contributed by atoms with Crippen molar-refractivity contribution in [2.45, 2.75) is 104 Å². The highest BCUT2D eigenvalue weighted by Crippen LogP contribution is 2.30. The molecule has 0 amide bonds. The largest absolute Gasteiger partial charge is 0.249 e. The zero-order chi connectivity index (χ0) is 20.2. The molecule has 0 fully saturated rings. The number of unbranched alkanes of at least 4 members (excludes halogenated alkanes) is 10. The van der Waals surface area contributed by atoms with Gasteiger partial charge in [-0.3, -0.25) is 0 Å². The van der Waals surface area contributed by atoms with Crippen molar-refractivity contribution in [3.8, 4) is 0 Å². The predicted molar refractivity (Wildman–Crippen MR) is 129 cm³/mol. The Labute approximate surface area is 188 Å². The maximum Gasteiger partial charge on any atom is 0.104 e. The lowest BCUT2D eigenvalue weighted by molar-refractivity contribution is 0.593. The summed E-state index contributed by atoms with van der Waals surface area (Å²) in [5, 5.41) is 0. The van der Waals surface area contributed by atoms with Gasteiger partial charge in [0, 0.05) is 4.47 Å². The Morgan fingerprint density at radius 2 is 1.14 bits per heavy atom. The standard InChI is InChI=1S/C24H36Br2N2/c1-3-5-7-9-11-13-15-20-21(16-14-12-10-8-6-4-2)28-24-22(27-20)18-17-19(25)23(24)26/h17-18H,3-16H2,1-2H3. The van der Waals surface area contributed by atoms with E-state index in [0.29, 0.717) is 0 Å². The summed E-state index contributed by atoms with van der Waals surface area (Å²) in [6.07, 6.45) is 17.9. The number of fused-ring (bicyclic) bond motifs is 1. The lowest BCUT2D eigenvalue weighted by atomic mass is 10.0. The fraction of sp³-hybridized carbons (Fsp3) is 0.667. The van der Waals surface area contributed by atoms with E-state index in [1.165, 1.54) is 88.4 Å². The highest BCUT2D eigenvalue weighted by atomic mass is 79.9. The Kier molecular flexibility index (Phi) is 11.6. The molecule has 0 bridgehead atoms. The molecule has 0 aliphatic rings. The normalized spacial score (nSPS) is 11.4. The monoisotopic (exact) mass is 510 g/mol. The van der Waals surface area contributed by atoms with Crippen LogP contribution in [0.1, 0.15) is 102 Å². The van der Waals surface area contributed by atoms with E-state index < -0.39 is 0 Å². The van der Waals surface area contributed by atoms with Gasteiger partial charge in [0.2, 0.25) is 0 Å². The fourth-order valence-electron chi connectivity index (χ4n) is 3.68. The molecule has 28 heavy (non-hydrogen) atoms. The second-order valence-corrected chi connectivity index (χ2v) is 9.53. The molecule has 2 aromatic rings. The Morgan fingerprint density at radius 1 is 0.643 bits per heavy atom. The first-order valence-corrected chi connectivity index (χ1v) is 12.9. The number of hydrogen-bond acceptors (Lipinski definition) is 2. The van der Waals surface area contributed by atoms with Crippen LogP contribution in [0.3, 0.4) is 0 Å². The van der Waals surface area contributed by atoms with Gasteiger partial charge in [0.1, 0.15) is 5.52 Å². The first-order valence-electron chi connectivity index (χ1n) is 11.3. The molecule has 4 heteroatoms. The van der Waals surface area contributed by atoms with Gasteiger partial charge < -0.3 is 0 Å². The van der Waals surface area contributed by atoms with Crippen molar-refractivity contribution in [3.63, 3.8) is 0 Å². The SMILES string of the molecule is CCCCCCCCc1nc2ccc(Br)c(Br)c2nc1CCCCCCCC. The third-order valence-electron chi connectivity index (χ3n) is 5.42. The Hall–Kier alpha value is -0.480. The van der Waals surface area contributed by atoms with Crippen molar-refractivity contribution in [3.05, 3.63) is 32.5 Å². The van der Waals surface area contributed by atoms with Crippen LogP contribution >= 0.6 is 31.9 Å². The van der Waals surface area contributed by atoms with Crippen LogP contribution in [0, 0.1) is 0 Å². The third-order valence-corrected chi connectivity index (χ3v) is 7.41.